The molecule has 0 aromatic heterocycles. The number of carbonyl (C=O) groups is 2. The molecule has 0 heterocycles. The Hall–Kier alpha value is -2.08. The molecule has 0 aliphatic heterocycles. The predicted octanol–water partition coefficient (Wildman–Crippen LogP) is 1.67. The van der Waals surface area contributed by atoms with Crippen LogP contribution in [-0.2, 0) is 11.3 Å². The molecule has 1 aromatic rings. The summed E-state index contributed by atoms with van der Waals surface area (Å²) in [6.45, 7) is 8.65. The molecular weight excluding hydrogens is 304 g/mol. The summed E-state index contributed by atoms with van der Waals surface area (Å²) in [5.41, 5.74) is 7.71. The van der Waals surface area contributed by atoms with Gasteiger partial charge in [0, 0.05) is 19.1 Å². The summed E-state index contributed by atoms with van der Waals surface area (Å²) in [4.78, 5) is 24.4. The fourth-order valence-electron chi connectivity index (χ4n) is 2.20. The molecule has 0 bridgehead atoms. The van der Waals surface area contributed by atoms with E-state index in [1.54, 1.807) is 0 Å². The highest BCUT2D eigenvalue weighted by atomic mass is 16.2. The van der Waals surface area contributed by atoms with Gasteiger partial charge >= 0.3 is 6.03 Å². The number of amides is 3. The second kappa shape index (κ2) is 9.93. The Balaban J connectivity index is 2.56. The van der Waals surface area contributed by atoms with Gasteiger partial charge in [-0.3, -0.25) is 4.79 Å². The van der Waals surface area contributed by atoms with Crippen LogP contribution in [0.15, 0.2) is 24.3 Å². The third-order valence-electron chi connectivity index (χ3n) is 3.64. The van der Waals surface area contributed by atoms with Crippen LogP contribution in [0.25, 0.3) is 0 Å². The Morgan fingerprint density at radius 3 is 2.25 bits per heavy atom. The standard InChI is InChI=1S/C18H30N4O2/c1-12(2)9-16(17(23)21-14(4)10-19)22-18(24)20-11-15-7-5-13(3)6-8-15/h5-8,12,14,16H,9-11,19H2,1-4H3,(H,21,23)(H2,20,22,24)/t14-,16?/m0/s1. The number of hydrogen-bond acceptors (Lipinski definition) is 3. The van der Waals surface area contributed by atoms with E-state index in [1.807, 2.05) is 52.0 Å². The van der Waals surface area contributed by atoms with Crippen molar-refractivity contribution in [2.45, 2.75) is 52.7 Å². The molecule has 2 atom stereocenters. The van der Waals surface area contributed by atoms with Crippen molar-refractivity contribution in [3.63, 3.8) is 0 Å². The largest absolute Gasteiger partial charge is 0.351 e. The average molecular weight is 334 g/mol. The quantitative estimate of drug-likeness (QED) is 0.582. The van der Waals surface area contributed by atoms with Crippen LogP contribution in [-0.4, -0.2) is 30.6 Å². The zero-order valence-electron chi connectivity index (χ0n) is 15.1. The van der Waals surface area contributed by atoms with Crippen LogP contribution in [0.2, 0.25) is 0 Å². The Morgan fingerprint density at radius 2 is 1.71 bits per heavy atom. The van der Waals surface area contributed by atoms with Crippen LogP contribution in [0.1, 0.15) is 38.3 Å². The first-order valence-corrected chi connectivity index (χ1v) is 8.42. The van der Waals surface area contributed by atoms with Gasteiger partial charge in [-0.2, -0.15) is 0 Å². The minimum atomic E-state index is -0.572. The van der Waals surface area contributed by atoms with Gasteiger partial charge in [0.15, 0.2) is 0 Å². The molecule has 1 aromatic carbocycles. The maximum atomic E-state index is 12.3. The molecule has 0 spiro atoms. The molecule has 0 radical (unpaired) electrons. The Morgan fingerprint density at radius 1 is 1.08 bits per heavy atom. The van der Waals surface area contributed by atoms with Crippen LogP contribution >= 0.6 is 0 Å². The van der Waals surface area contributed by atoms with Crippen molar-refractivity contribution in [1.29, 1.82) is 0 Å². The minimum absolute atomic E-state index is 0.121. The van der Waals surface area contributed by atoms with Gasteiger partial charge in [0.25, 0.3) is 0 Å². The van der Waals surface area contributed by atoms with E-state index in [0.717, 1.165) is 5.56 Å². The normalized spacial score (nSPS) is 13.2. The molecule has 0 fully saturated rings. The van der Waals surface area contributed by atoms with Crippen LogP contribution in [0.4, 0.5) is 4.79 Å². The summed E-state index contributed by atoms with van der Waals surface area (Å²) in [5.74, 6) is 0.0819. The van der Waals surface area contributed by atoms with Gasteiger partial charge in [-0.05, 0) is 31.7 Å². The van der Waals surface area contributed by atoms with Crippen molar-refractivity contribution < 1.29 is 9.59 Å². The third kappa shape index (κ3) is 7.46. The van der Waals surface area contributed by atoms with E-state index in [4.69, 9.17) is 5.73 Å². The van der Waals surface area contributed by atoms with Crippen molar-refractivity contribution in [2.75, 3.05) is 6.54 Å². The summed E-state index contributed by atoms with van der Waals surface area (Å²) in [7, 11) is 0. The number of urea groups is 1. The number of carbonyl (C=O) groups excluding carboxylic acids is 2. The van der Waals surface area contributed by atoms with Gasteiger partial charge in [-0.25, -0.2) is 4.79 Å². The lowest BCUT2D eigenvalue weighted by Crippen LogP contribution is -2.53. The second-order valence-corrected chi connectivity index (χ2v) is 6.64. The number of benzene rings is 1. The van der Waals surface area contributed by atoms with Crippen molar-refractivity contribution in [1.82, 2.24) is 16.0 Å². The smallest absolute Gasteiger partial charge is 0.315 e. The average Bonchev–Trinajstić information content (AvgIpc) is 2.53. The van der Waals surface area contributed by atoms with E-state index >= 15 is 0 Å². The molecule has 6 heteroatoms. The first-order chi connectivity index (χ1) is 11.3. The van der Waals surface area contributed by atoms with Crippen LogP contribution < -0.4 is 21.7 Å². The molecular formula is C18H30N4O2. The fourth-order valence-corrected chi connectivity index (χ4v) is 2.20. The highest BCUT2D eigenvalue weighted by molar-refractivity contribution is 5.87. The summed E-state index contributed by atoms with van der Waals surface area (Å²) < 4.78 is 0. The lowest BCUT2D eigenvalue weighted by atomic mass is 10.0. The molecule has 3 amide bonds. The maximum absolute atomic E-state index is 12.3. The maximum Gasteiger partial charge on any atom is 0.315 e. The summed E-state index contributed by atoms with van der Waals surface area (Å²) >= 11 is 0. The number of aryl methyl sites for hydroxylation is 1. The molecule has 0 saturated heterocycles. The van der Waals surface area contributed by atoms with Gasteiger partial charge in [0.1, 0.15) is 6.04 Å². The van der Waals surface area contributed by atoms with E-state index in [9.17, 15) is 9.59 Å². The van der Waals surface area contributed by atoms with E-state index < -0.39 is 6.04 Å². The monoisotopic (exact) mass is 334 g/mol. The van der Waals surface area contributed by atoms with E-state index in [-0.39, 0.29) is 23.9 Å². The molecule has 0 aliphatic rings. The second-order valence-electron chi connectivity index (χ2n) is 6.64. The zero-order chi connectivity index (χ0) is 18.1. The van der Waals surface area contributed by atoms with E-state index in [2.05, 4.69) is 16.0 Å². The first kappa shape index (κ1) is 20.0. The Labute approximate surface area is 144 Å². The predicted molar refractivity (Wildman–Crippen MR) is 96.5 cm³/mol. The molecule has 134 valence electrons. The highest BCUT2D eigenvalue weighted by Gasteiger charge is 2.22. The first-order valence-electron chi connectivity index (χ1n) is 8.42. The third-order valence-corrected chi connectivity index (χ3v) is 3.64. The van der Waals surface area contributed by atoms with Gasteiger partial charge in [-0.1, -0.05) is 43.7 Å². The minimum Gasteiger partial charge on any atom is -0.351 e. The van der Waals surface area contributed by atoms with Gasteiger partial charge in [0.2, 0.25) is 5.91 Å². The molecule has 5 N–H and O–H groups in total. The van der Waals surface area contributed by atoms with Crippen molar-refractivity contribution in [2.24, 2.45) is 11.7 Å². The number of hydrogen-bond donors (Lipinski definition) is 4. The fraction of sp³-hybridized carbons (Fsp3) is 0.556. The van der Waals surface area contributed by atoms with Crippen molar-refractivity contribution in [3.8, 4) is 0 Å². The molecule has 1 rings (SSSR count). The Bertz CT molecular complexity index is 528. The van der Waals surface area contributed by atoms with Gasteiger partial charge in [-0.15, -0.1) is 0 Å². The molecule has 1 unspecified atom stereocenters. The van der Waals surface area contributed by atoms with Crippen LogP contribution in [0.3, 0.4) is 0 Å². The summed E-state index contributed by atoms with van der Waals surface area (Å²) in [6, 6.07) is 6.89. The SMILES string of the molecule is Cc1ccc(CNC(=O)NC(CC(C)C)C(=O)N[C@@H](C)CN)cc1. The van der Waals surface area contributed by atoms with Crippen LogP contribution in [0.5, 0.6) is 0 Å². The molecule has 0 aliphatic carbocycles. The van der Waals surface area contributed by atoms with Crippen LogP contribution in [0, 0.1) is 12.8 Å². The zero-order valence-corrected chi connectivity index (χ0v) is 15.1. The van der Waals surface area contributed by atoms with Crippen molar-refractivity contribution in [3.05, 3.63) is 35.4 Å². The van der Waals surface area contributed by atoms with E-state index in [0.29, 0.717) is 19.5 Å². The van der Waals surface area contributed by atoms with E-state index in [1.165, 1.54) is 5.56 Å². The molecule has 6 nitrogen and oxygen atoms in total. The summed E-state index contributed by atoms with van der Waals surface area (Å²) in [5, 5.41) is 8.36. The molecule has 0 saturated carbocycles. The van der Waals surface area contributed by atoms with Crippen molar-refractivity contribution >= 4 is 11.9 Å². The molecule has 24 heavy (non-hydrogen) atoms. The summed E-state index contributed by atoms with van der Waals surface area (Å²) in [6.07, 6.45) is 0.571. The van der Waals surface area contributed by atoms with Gasteiger partial charge in [0.05, 0.1) is 0 Å². The number of nitrogens with two attached hydrogens (primary N) is 1. The Kier molecular flexibility index (Phi) is 8.26. The lowest BCUT2D eigenvalue weighted by molar-refractivity contribution is -0.123. The lowest BCUT2D eigenvalue weighted by Gasteiger charge is -2.22. The van der Waals surface area contributed by atoms with Gasteiger partial charge < -0.3 is 21.7 Å². The number of rotatable bonds is 8. The highest BCUT2D eigenvalue weighted by Crippen LogP contribution is 2.06. The topological polar surface area (TPSA) is 96.2 Å². The number of nitrogens with one attached hydrogen (secondary N) is 3.